The minimum Gasteiger partial charge on any atom is -0.313 e. The highest BCUT2D eigenvalue weighted by Gasteiger charge is 2.29. The Labute approximate surface area is 122 Å². The van der Waals surface area contributed by atoms with Gasteiger partial charge in [-0.05, 0) is 31.3 Å². The maximum Gasteiger partial charge on any atom is 0.200 e. The number of hydrogen-bond donors (Lipinski definition) is 1. The van der Waals surface area contributed by atoms with E-state index in [4.69, 9.17) is 0 Å². The molecule has 1 heterocycles. The fourth-order valence-electron chi connectivity index (χ4n) is 2.10. The fraction of sp³-hybridized carbons (Fsp3) is 0.286. The van der Waals surface area contributed by atoms with Crippen molar-refractivity contribution >= 4 is 11.3 Å². The van der Waals surface area contributed by atoms with Crippen LogP contribution in [0.2, 0.25) is 0 Å². The van der Waals surface area contributed by atoms with Crippen molar-refractivity contribution in [2.75, 3.05) is 7.05 Å². The third-order valence-electron chi connectivity index (χ3n) is 3.20. The third kappa shape index (κ3) is 3.08. The molecule has 2 aromatic rings. The van der Waals surface area contributed by atoms with E-state index in [1.807, 2.05) is 17.5 Å². The monoisotopic (exact) mass is 321 g/mol. The first-order valence-electron chi connectivity index (χ1n) is 6.18. The van der Waals surface area contributed by atoms with Gasteiger partial charge >= 0.3 is 0 Å². The molecular formula is C14H12F5NS. The molecule has 0 bridgehead atoms. The van der Waals surface area contributed by atoms with Gasteiger partial charge in [0, 0.05) is 16.5 Å². The Morgan fingerprint density at radius 2 is 1.57 bits per heavy atom. The van der Waals surface area contributed by atoms with Crippen LogP contribution in [-0.2, 0) is 6.42 Å². The smallest absolute Gasteiger partial charge is 0.200 e. The molecule has 0 aliphatic rings. The average Bonchev–Trinajstić information content (AvgIpc) is 3.00. The largest absolute Gasteiger partial charge is 0.313 e. The summed E-state index contributed by atoms with van der Waals surface area (Å²) in [6.45, 7) is 0. The van der Waals surface area contributed by atoms with Crippen molar-refractivity contribution in [2.45, 2.75) is 18.9 Å². The molecule has 0 saturated carbocycles. The van der Waals surface area contributed by atoms with Crippen LogP contribution in [0.15, 0.2) is 17.5 Å². The van der Waals surface area contributed by atoms with Crippen molar-refractivity contribution in [3.05, 3.63) is 57.0 Å². The highest BCUT2D eigenvalue weighted by atomic mass is 32.1. The molecule has 0 aliphatic carbocycles. The van der Waals surface area contributed by atoms with E-state index < -0.39 is 40.7 Å². The van der Waals surface area contributed by atoms with Crippen LogP contribution >= 0.6 is 11.3 Å². The van der Waals surface area contributed by atoms with Crippen LogP contribution in [0, 0.1) is 29.1 Å². The lowest BCUT2D eigenvalue weighted by molar-refractivity contribution is 0.355. The average molecular weight is 321 g/mol. The minimum atomic E-state index is -2.14. The number of thiophene rings is 1. The summed E-state index contributed by atoms with van der Waals surface area (Å²) in [6.07, 6.45) is 0.692. The second-order valence-corrected chi connectivity index (χ2v) is 5.48. The van der Waals surface area contributed by atoms with E-state index in [0.717, 1.165) is 4.88 Å². The van der Waals surface area contributed by atoms with E-state index in [2.05, 4.69) is 5.32 Å². The summed E-state index contributed by atoms with van der Waals surface area (Å²) in [6, 6.07) is 2.71. The van der Waals surface area contributed by atoms with Gasteiger partial charge in [-0.15, -0.1) is 11.3 Å². The van der Waals surface area contributed by atoms with Gasteiger partial charge in [0.15, 0.2) is 23.3 Å². The van der Waals surface area contributed by atoms with E-state index in [-0.39, 0.29) is 6.42 Å². The van der Waals surface area contributed by atoms with E-state index in [0.29, 0.717) is 6.42 Å². The molecule has 0 amide bonds. The Balaban J connectivity index is 2.33. The van der Waals surface area contributed by atoms with Gasteiger partial charge in [-0.3, -0.25) is 0 Å². The van der Waals surface area contributed by atoms with Crippen LogP contribution in [0.4, 0.5) is 22.0 Å². The molecule has 0 aliphatic heterocycles. The zero-order valence-corrected chi connectivity index (χ0v) is 11.8. The van der Waals surface area contributed by atoms with Gasteiger partial charge in [-0.1, -0.05) is 6.07 Å². The molecule has 1 unspecified atom stereocenters. The van der Waals surface area contributed by atoms with E-state index in [9.17, 15) is 22.0 Å². The van der Waals surface area contributed by atoms with Crippen molar-refractivity contribution in [1.29, 1.82) is 0 Å². The molecule has 1 nitrogen and oxygen atoms in total. The summed E-state index contributed by atoms with van der Waals surface area (Å²) < 4.78 is 67.0. The van der Waals surface area contributed by atoms with E-state index in [1.54, 1.807) is 0 Å². The Kier molecular flexibility index (Phi) is 4.95. The Bertz CT molecular complexity index is 598. The second kappa shape index (κ2) is 6.53. The summed E-state index contributed by atoms with van der Waals surface area (Å²) in [5, 5.41) is 4.45. The van der Waals surface area contributed by atoms with Gasteiger partial charge in [0.05, 0.1) is 0 Å². The van der Waals surface area contributed by atoms with Gasteiger partial charge < -0.3 is 5.32 Å². The number of nitrogens with one attached hydrogen (secondary N) is 1. The Morgan fingerprint density at radius 1 is 1.00 bits per heavy atom. The maximum absolute atomic E-state index is 13.7. The van der Waals surface area contributed by atoms with Crippen molar-refractivity contribution in [3.8, 4) is 0 Å². The number of halogens is 5. The first-order chi connectivity index (χ1) is 9.97. The Morgan fingerprint density at radius 3 is 2.05 bits per heavy atom. The Hall–Kier alpha value is -1.47. The van der Waals surface area contributed by atoms with Crippen molar-refractivity contribution in [3.63, 3.8) is 0 Å². The van der Waals surface area contributed by atoms with Gasteiger partial charge in [-0.25, -0.2) is 22.0 Å². The first-order valence-corrected chi connectivity index (χ1v) is 7.06. The van der Waals surface area contributed by atoms with Crippen LogP contribution in [0.25, 0.3) is 0 Å². The molecule has 7 heteroatoms. The number of aryl methyl sites for hydroxylation is 1. The zero-order chi connectivity index (χ0) is 15.6. The SMILES string of the molecule is CNC(CCc1cccs1)c1c(F)c(F)c(F)c(F)c1F. The van der Waals surface area contributed by atoms with Gasteiger partial charge in [0.1, 0.15) is 0 Å². The van der Waals surface area contributed by atoms with Crippen LogP contribution in [0.3, 0.4) is 0 Å². The predicted octanol–water partition coefficient (Wildman–Crippen LogP) is 4.34. The molecule has 1 atom stereocenters. The molecule has 1 aromatic heterocycles. The minimum absolute atomic E-state index is 0.218. The molecule has 114 valence electrons. The lowest BCUT2D eigenvalue weighted by Gasteiger charge is -2.18. The number of benzene rings is 1. The fourth-order valence-corrected chi connectivity index (χ4v) is 2.83. The van der Waals surface area contributed by atoms with Crippen LogP contribution < -0.4 is 5.32 Å². The number of rotatable bonds is 5. The molecule has 0 fully saturated rings. The van der Waals surface area contributed by atoms with Crippen LogP contribution in [0.1, 0.15) is 22.9 Å². The molecule has 2 rings (SSSR count). The summed E-state index contributed by atoms with van der Waals surface area (Å²) in [7, 11) is 1.41. The van der Waals surface area contributed by atoms with Crippen molar-refractivity contribution in [1.82, 2.24) is 5.32 Å². The van der Waals surface area contributed by atoms with Gasteiger partial charge in [-0.2, -0.15) is 0 Å². The first kappa shape index (κ1) is 15.9. The van der Waals surface area contributed by atoms with E-state index >= 15 is 0 Å². The molecule has 0 radical (unpaired) electrons. The molecule has 1 N–H and O–H groups in total. The molecule has 1 aromatic carbocycles. The summed E-state index contributed by atoms with van der Waals surface area (Å²) >= 11 is 1.46. The highest BCUT2D eigenvalue weighted by molar-refractivity contribution is 7.09. The molecule has 0 spiro atoms. The summed E-state index contributed by atoms with van der Waals surface area (Å²) in [5.41, 5.74) is -0.814. The highest BCUT2D eigenvalue weighted by Crippen LogP contribution is 2.30. The van der Waals surface area contributed by atoms with Crippen molar-refractivity contribution < 1.29 is 22.0 Å². The molecular weight excluding hydrogens is 309 g/mol. The van der Waals surface area contributed by atoms with Crippen LogP contribution in [-0.4, -0.2) is 7.05 Å². The summed E-state index contributed by atoms with van der Waals surface area (Å²) in [5.74, 6) is -9.53. The molecule has 0 saturated heterocycles. The quantitative estimate of drug-likeness (QED) is 0.491. The lowest BCUT2D eigenvalue weighted by atomic mass is 9.99. The van der Waals surface area contributed by atoms with Gasteiger partial charge in [0.2, 0.25) is 5.82 Å². The molecule has 21 heavy (non-hydrogen) atoms. The van der Waals surface area contributed by atoms with Crippen LogP contribution in [0.5, 0.6) is 0 Å². The number of hydrogen-bond acceptors (Lipinski definition) is 2. The summed E-state index contributed by atoms with van der Waals surface area (Å²) in [4.78, 5) is 0.971. The van der Waals surface area contributed by atoms with Gasteiger partial charge in [0.25, 0.3) is 0 Å². The zero-order valence-electron chi connectivity index (χ0n) is 11.0. The maximum atomic E-state index is 13.7. The third-order valence-corrected chi connectivity index (χ3v) is 4.14. The van der Waals surface area contributed by atoms with Crippen molar-refractivity contribution in [2.24, 2.45) is 0 Å². The second-order valence-electron chi connectivity index (χ2n) is 4.44. The lowest BCUT2D eigenvalue weighted by Crippen LogP contribution is -2.22. The topological polar surface area (TPSA) is 12.0 Å². The normalized spacial score (nSPS) is 12.7. The standard InChI is InChI=1S/C14H12F5NS/c1-20-8(5-4-7-3-2-6-21-7)9-10(15)12(17)14(19)13(18)11(9)16/h2-3,6,8,20H,4-5H2,1H3. The predicted molar refractivity (Wildman–Crippen MR) is 70.7 cm³/mol. The van der Waals surface area contributed by atoms with E-state index in [1.165, 1.54) is 18.4 Å².